The van der Waals surface area contributed by atoms with Crippen LogP contribution in [0.25, 0.3) is 0 Å². The minimum absolute atomic E-state index is 0.307. The summed E-state index contributed by atoms with van der Waals surface area (Å²) in [5.41, 5.74) is 1.37. The normalized spacial score (nSPS) is 25.8. The fourth-order valence-corrected chi connectivity index (χ4v) is 3.57. The van der Waals surface area contributed by atoms with E-state index in [4.69, 9.17) is 0 Å². The Morgan fingerprint density at radius 2 is 1.35 bits per heavy atom. The highest BCUT2D eigenvalue weighted by Gasteiger charge is 2.19. The summed E-state index contributed by atoms with van der Waals surface area (Å²) in [6, 6.07) is 0. The van der Waals surface area contributed by atoms with E-state index in [-0.39, 0.29) is 0 Å². The molecule has 2 fully saturated rings. The van der Waals surface area contributed by atoms with Crippen LogP contribution in [0.4, 0.5) is 0 Å². The summed E-state index contributed by atoms with van der Waals surface area (Å²) in [4.78, 5) is 0. The first-order chi connectivity index (χ1) is 8.40. The smallest absolute Gasteiger partial charge is 0.0644 e. The molecule has 0 spiro atoms. The quantitative estimate of drug-likeness (QED) is 0.567. The monoisotopic (exact) mass is 236 g/mol. The Hall–Kier alpha value is -0.300. The molecule has 1 nitrogen and oxygen atoms in total. The number of hydrogen-bond acceptors (Lipinski definition) is 1. The molecule has 0 aromatic heterocycles. The van der Waals surface area contributed by atoms with Crippen molar-refractivity contribution in [1.82, 2.24) is 0 Å². The maximum absolute atomic E-state index is 9.61. The van der Waals surface area contributed by atoms with E-state index in [0.29, 0.717) is 12.5 Å². The summed E-state index contributed by atoms with van der Waals surface area (Å²) in [7, 11) is 0. The Bertz CT molecular complexity index is 230. The predicted molar refractivity (Wildman–Crippen MR) is 72.9 cm³/mol. The Balaban J connectivity index is 1.94. The molecule has 2 aliphatic carbocycles. The van der Waals surface area contributed by atoms with Gasteiger partial charge in [0.25, 0.3) is 0 Å². The van der Waals surface area contributed by atoms with E-state index in [9.17, 15) is 5.11 Å². The van der Waals surface area contributed by atoms with E-state index in [1.807, 2.05) is 0 Å². The van der Waals surface area contributed by atoms with Crippen molar-refractivity contribution in [2.45, 2.75) is 70.6 Å². The summed E-state index contributed by atoms with van der Waals surface area (Å²) < 4.78 is 0. The van der Waals surface area contributed by atoms with E-state index in [1.165, 1.54) is 76.2 Å². The van der Waals surface area contributed by atoms with Crippen molar-refractivity contribution in [3.63, 3.8) is 0 Å². The predicted octanol–water partition coefficient (Wildman–Crippen LogP) is 4.46. The Morgan fingerprint density at radius 1 is 0.824 bits per heavy atom. The van der Waals surface area contributed by atoms with Crippen molar-refractivity contribution >= 4 is 0 Å². The Morgan fingerprint density at radius 3 is 1.94 bits per heavy atom. The fourth-order valence-electron chi connectivity index (χ4n) is 3.57. The maximum atomic E-state index is 9.61. The number of aliphatic hydroxyl groups is 1. The molecule has 0 aromatic carbocycles. The molecule has 1 heteroatoms. The molecule has 1 N–H and O–H groups in total. The van der Waals surface area contributed by atoms with E-state index in [2.05, 4.69) is 6.08 Å². The van der Waals surface area contributed by atoms with E-state index in [0.717, 1.165) is 5.92 Å². The second kappa shape index (κ2) is 7.20. The summed E-state index contributed by atoms with van der Waals surface area (Å²) in [6.45, 7) is 0.307. The standard InChI is InChI=1S/C16H28O/c17-13-16(15-10-6-3-7-11-15)12-14-8-4-1-2-5-9-14/h12,14-15,17H,1-11,13H2. The molecular weight excluding hydrogens is 208 g/mol. The van der Waals surface area contributed by atoms with Crippen LogP contribution in [0.5, 0.6) is 0 Å². The summed E-state index contributed by atoms with van der Waals surface area (Å²) >= 11 is 0. The molecule has 0 radical (unpaired) electrons. The fraction of sp³-hybridized carbons (Fsp3) is 0.875. The van der Waals surface area contributed by atoms with Gasteiger partial charge in [0.1, 0.15) is 0 Å². The lowest BCUT2D eigenvalue weighted by Crippen LogP contribution is -2.13. The van der Waals surface area contributed by atoms with Gasteiger partial charge in [-0.1, -0.05) is 51.0 Å². The Kier molecular flexibility index (Phi) is 5.57. The number of hydrogen-bond donors (Lipinski definition) is 1. The maximum Gasteiger partial charge on any atom is 0.0644 e. The van der Waals surface area contributed by atoms with Crippen molar-refractivity contribution in [3.05, 3.63) is 11.6 Å². The van der Waals surface area contributed by atoms with Crippen molar-refractivity contribution < 1.29 is 5.11 Å². The molecule has 0 atom stereocenters. The summed E-state index contributed by atoms with van der Waals surface area (Å²) in [5.74, 6) is 1.47. The molecular formula is C16H28O. The van der Waals surface area contributed by atoms with Crippen LogP contribution >= 0.6 is 0 Å². The Labute approximate surface area is 106 Å². The molecule has 0 saturated heterocycles. The highest BCUT2D eigenvalue weighted by atomic mass is 16.3. The second-order valence-corrected chi connectivity index (χ2v) is 5.99. The van der Waals surface area contributed by atoms with Gasteiger partial charge in [0.2, 0.25) is 0 Å². The van der Waals surface area contributed by atoms with Gasteiger partial charge in [-0.3, -0.25) is 0 Å². The molecule has 0 bridgehead atoms. The van der Waals surface area contributed by atoms with Crippen molar-refractivity contribution in [1.29, 1.82) is 0 Å². The largest absolute Gasteiger partial charge is 0.392 e. The molecule has 0 aromatic rings. The minimum Gasteiger partial charge on any atom is -0.392 e. The second-order valence-electron chi connectivity index (χ2n) is 5.99. The molecule has 0 amide bonds. The lowest BCUT2D eigenvalue weighted by atomic mass is 9.82. The van der Waals surface area contributed by atoms with Crippen LogP contribution in [0.1, 0.15) is 70.6 Å². The zero-order chi connectivity index (χ0) is 11.9. The average Bonchev–Trinajstić information content (AvgIpc) is 2.65. The van der Waals surface area contributed by atoms with Crippen molar-refractivity contribution in [2.24, 2.45) is 11.8 Å². The van der Waals surface area contributed by atoms with Gasteiger partial charge in [-0.25, -0.2) is 0 Å². The molecule has 0 unspecified atom stereocenters. The van der Waals surface area contributed by atoms with E-state index in [1.54, 1.807) is 0 Å². The van der Waals surface area contributed by atoms with Gasteiger partial charge in [0, 0.05) is 0 Å². The van der Waals surface area contributed by atoms with Crippen LogP contribution in [0.15, 0.2) is 11.6 Å². The third kappa shape index (κ3) is 4.13. The molecule has 0 heterocycles. The first-order valence-corrected chi connectivity index (χ1v) is 7.71. The van der Waals surface area contributed by atoms with Gasteiger partial charge in [-0.05, 0) is 43.1 Å². The third-order valence-corrected chi connectivity index (χ3v) is 4.66. The van der Waals surface area contributed by atoms with Gasteiger partial charge in [0.15, 0.2) is 0 Å². The zero-order valence-corrected chi connectivity index (χ0v) is 11.2. The molecule has 2 aliphatic rings. The first-order valence-electron chi connectivity index (χ1n) is 7.71. The van der Waals surface area contributed by atoms with Crippen molar-refractivity contribution in [3.8, 4) is 0 Å². The van der Waals surface area contributed by atoms with Crippen LogP contribution in [0.2, 0.25) is 0 Å². The summed E-state index contributed by atoms with van der Waals surface area (Å²) in [6.07, 6.45) is 17.6. The molecule has 2 rings (SSSR count). The van der Waals surface area contributed by atoms with E-state index < -0.39 is 0 Å². The highest BCUT2D eigenvalue weighted by molar-refractivity contribution is 5.10. The van der Waals surface area contributed by atoms with Gasteiger partial charge >= 0.3 is 0 Å². The lowest BCUT2D eigenvalue weighted by Gasteiger charge is -2.25. The summed E-state index contributed by atoms with van der Waals surface area (Å²) in [5, 5.41) is 9.61. The number of allylic oxidation sites excluding steroid dienone is 1. The lowest BCUT2D eigenvalue weighted by molar-refractivity contribution is 0.290. The first kappa shape index (κ1) is 13.1. The van der Waals surface area contributed by atoms with Crippen LogP contribution in [0.3, 0.4) is 0 Å². The van der Waals surface area contributed by atoms with Crippen LogP contribution in [-0.2, 0) is 0 Å². The van der Waals surface area contributed by atoms with E-state index >= 15 is 0 Å². The molecule has 98 valence electrons. The zero-order valence-electron chi connectivity index (χ0n) is 11.2. The van der Waals surface area contributed by atoms with Gasteiger partial charge in [0.05, 0.1) is 6.61 Å². The number of aliphatic hydroxyl groups excluding tert-OH is 1. The van der Waals surface area contributed by atoms with Crippen molar-refractivity contribution in [2.75, 3.05) is 6.61 Å². The molecule has 0 aliphatic heterocycles. The number of rotatable bonds is 3. The minimum atomic E-state index is 0.307. The average molecular weight is 236 g/mol. The highest BCUT2D eigenvalue weighted by Crippen LogP contribution is 2.32. The van der Waals surface area contributed by atoms with Gasteiger partial charge in [-0.2, -0.15) is 0 Å². The topological polar surface area (TPSA) is 20.2 Å². The van der Waals surface area contributed by atoms with Gasteiger partial charge < -0.3 is 5.11 Å². The molecule has 17 heavy (non-hydrogen) atoms. The van der Waals surface area contributed by atoms with Crippen LogP contribution < -0.4 is 0 Å². The van der Waals surface area contributed by atoms with Crippen LogP contribution in [0, 0.1) is 11.8 Å². The van der Waals surface area contributed by atoms with Gasteiger partial charge in [-0.15, -0.1) is 0 Å². The van der Waals surface area contributed by atoms with Crippen LogP contribution in [-0.4, -0.2) is 11.7 Å². The third-order valence-electron chi connectivity index (χ3n) is 4.66. The molecule has 2 saturated carbocycles. The SMILES string of the molecule is OCC(=CC1CCCCCC1)C1CCCCC1.